The second kappa shape index (κ2) is 4.73. The molecule has 4 N–H and O–H groups in total. The Labute approximate surface area is 123 Å². The van der Waals surface area contributed by atoms with Crippen molar-refractivity contribution in [2.24, 2.45) is 4.99 Å². The number of carbonyl (C=O) groups excluding carboxylic acids is 1. The minimum atomic E-state index is -0.982. The molecule has 2 heterocycles. The molecule has 3 rings (SSSR count). The smallest absolute Gasteiger partial charge is 0.281 e. The number of halogens is 3. The minimum absolute atomic E-state index is 0.182. The summed E-state index contributed by atoms with van der Waals surface area (Å²) < 4.78 is 0. The van der Waals surface area contributed by atoms with E-state index in [9.17, 15) is 9.90 Å². The fourth-order valence-corrected chi connectivity index (χ4v) is 2.99. The standard InChI is InChI=1S/C10H9Cl3N4O2/c11-2-1-3-6(5(13)4(2)12)15-8-7(14-3)9(18)16-17-10(8)19/h1,3,6-7,9,14,16,18H,(H,17,19). The predicted octanol–water partition coefficient (Wildman–Crippen LogP) is -0.0853. The second-order valence-corrected chi connectivity index (χ2v) is 5.54. The van der Waals surface area contributed by atoms with E-state index in [2.05, 4.69) is 21.2 Å². The Kier molecular flexibility index (Phi) is 3.33. The highest BCUT2D eigenvalue weighted by Crippen LogP contribution is 2.36. The van der Waals surface area contributed by atoms with Crippen LogP contribution < -0.4 is 16.2 Å². The Morgan fingerprint density at radius 2 is 2.05 bits per heavy atom. The summed E-state index contributed by atoms with van der Waals surface area (Å²) >= 11 is 18.0. The summed E-state index contributed by atoms with van der Waals surface area (Å²) in [6, 6.07) is -1.46. The lowest BCUT2D eigenvalue weighted by Crippen LogP contribution is -2.70. The molecule has 3 aliphatic rings. The van der Waals surface area contributed by atoms with Gasteiger partial charge in [0.2, 0.25) is 0 Å². The number of hydrazine groups is 1. The Morgan fingerprint density at radius 3 is 2.79 bits per heavy atom. The van der Waals surface area contributed by atoms with Crippen LogP contribution in [-0.2, 0) is 4.79 Å². The highest BCUT2D eigenvalue weighted by atomic mass is 35.5. The first-order valence-corrected chi connectivity index (χ1v) is 6.63. The maximum Gasteiger partial charge on any atom is 0.281 e. The first-order valence-electron chi connectivity index (χ1n) is 5.49. The quantitative estimate of drug-likeness (QED) is 0.502. The summed E-state index contributed by atoms with van der Waals surface area (Å²) in [5.74, 6) is -0.414. The molecule has 4 unspecified atom stereocenters. The third kappa shape index (κ3) is 2.08. The number of aliphatic imine (C=N–C) groups is 1. The highest BCUT2D eigenvalue weighted by Gasteiger charge is 2.43. The van der Waals surface area contributed by atoms with E-state index in [1.165, 1.54) is 0 Å². The van der Waals surface area contributed by atoms with E-state index in [0.717, 1.165) is 0 Å². The molecule has 0 aromatic heterocycles. The fourth-order valence-electron chi connectivity index (χ4n) is 2.24. The van der Waals surface area contributed by atoms with Crippen molar-refractivity contribution in [2.45, 2.75) is 24.4 Å². The number of hydrogen-bond donors (Lipinski definition) is 4. The summed E-state index contributed by atoms with van der Waals surface area (Å²) in [6.07, 6.45) is 0.685. The Bertz CT molecular complexity index is 545. The molecule has 0 aromatic rings. The molecule has 1 fully saturated rings. The zero-order valence-corrected chi connectivity index (χ0v) is 11.6. The number of nitrogens with one attached hydrogen (secondary N) is 3. The van der Waals surface area contributed by atoms with Gasteiger partial charge in [0.1, 0.15) is 18.0 Å². The number of rotatable bonds is 0. The normalized spacial score (nSPS) is 38.0. The average Bonchev–Trinajstić information content (AvgIpc) is 2.39. The van der Waals surface area contributed by atoms with E-state index in [1.54, 1.807) is 6.08 Å². The molecular formula is C10H9Cl3N4O2. The predicted molar refractivity (Wildman–Crippen MR) is 71.9 cm³/mol. The first-order chi connectivity index (χ1) is 8.99. The molecule has 0 bridgehead atoms. The van der Waals surface area contributed by atoms with Crippen LogP contribution in [-0.4, -0.2) is 41.1 Å². The molecule has 2 aliphatic heterocycles. The Balaban J connectivity index is 2.03. The zero-order valence-electron chi connectivity index (χ0n) is 9.32. The topological polar surface area (TPSA) is 85.8 Å². The van der Waals surface area contributed by atoms with Crippen LogP contribution in [0, 0.1) is 0 Å². The molecule has 4 atom stereocenters. The van der Waals surface area contributed by atoms with E-state index < -0.39 is 24.2 Å². The van der Waals surface area contributed by atoms with Crippen molar-refractivity contribution in [3.8, 4) is 0 Å². The van der Waals surface area contributed by atoms with Crippen molar-refractivity contribution in [1.29, 1.82) is 0 Å². The van der Waals surface area contributed by atoms with Gasteiger partial charge >= 0.3 is 0 Å². The molecule has 0 spiro atoms. The lowest BCUT2D eigenvalue weighted by atomic mass is 9.95. The number of allylic oxidation sites excluding steroid dienone is 2. The van der Waals surface area contributed by atoms with Gasteiger partial charge < -0.3 is 5.11 Å². The number of amides is 1. The SMILES string of the molecule is O=C1NNC(O)C2NC3C=C(Cl)C(Cl)=C(Cl)C3N=C12. The summed E-state index contributed by atoms with van der Waals surface area (Å²) in [4.78, 5) is 16.0. The molecule has 1 saturated heterocycles. The molecular weight excluding hydrogens is 314 g/mol. The third-order valence-electron chi connectivity index (χ3n) is 3.17. The fraction of sp³-hybridized carbons (Fsp3) is 0.400. The lowest BCUT2D eigenvalue weighted by molar-refractivity contribution is -0.119. The number of hydrogen-bond acceptors (Lipinski definition) is 5. The van der Waals surface area contributed by atoms with Crippen LogP contribution >= 0.6 is 34.8 Å². The third-order valence-corrected chi connectivity index (χ3v) is 4.50. The van der Waals surface area contributed by atoms with Crippen LogP contribution in [0.3, 0.4) is 0 Å². The lowest BCUT2D eigenvalue weighted by Gasteiger charge is -2.40. The largest absolute Gasteiger partial charge is 0.375 e. The van der Waals surface area contributed by atoms with Crippen LogP contribution in [0.5, 0.6) is 0 Å². The molecule has 9 heteroatoms. The number of aliphatic hydroxyl groups excluding tert-OH is 1. The maximum atomic E-state index is 11.7. The highest BCUT2D eigenvalue weighted by molar-refractivity contribution is 6.49. The first kappa shape index (κ1) is 13.4. The second-order valence-electron chi connectivity index (χ2n) is 4.35. The van der Waals surface area contributed by atoms with Crippen LogP contribution in [0.2, 0.25) is 0 Å². The van der Waals surface area contributed by atoms with Crippen molar-refractivity contribution in [3.63, 3.8) is 0 Å². The molecule has 102 valence electrons. The van der Waals surface area contributed by atoms with Gasteiger partial charge in [0.15, 0.2) is 0 Å². The molecule has 6 nitrogen and oxygen atoms in total. The van der Waals surface area contributed by atoms with E-state index in [1.807, 2.05) is 0 Å². The Hall–Kier alpha value is -0.630. The van der Waals surface area contributed by atoms with E-state index in [0.29, 0.717) is 5.03 Å². The van der Waals surface area contributed by atoms with E-state index >= 15 is 0 Å². The van der Waals surface area contributed by atoms with Gasteiger partial charge in [-0.05, 0) is 6.08 Å². The van der Waals surface area contributed by atoms with Crippen molar-refractivity contribution in [2.75, 3.05) is 0 Å². The van der Waals surface area contributed by atoms with Crippen LogP contribution in [0.1, 0.15) is 0 Å². The number of fused-ring (bicyclic) bond motifs is 2. The van der Waals surface area contributed by atoms with Crippen molar-refractivity contribution in [3.05, 3.63) is 21.2 Å². The number of carbonyl (C=O) groups is 1. The van der Waals surface area contributed by atoms with Crippen LogP contribution in [0.4, 0.5) is 0 Å². The van der Waals surface area contributed by atoms with Gasteiger partial charge in [0, 0.05) is 0 Å². The van der Waals surface area contributed by atoms with E-state index in [4.69, 9.17) is 34.8 Å². The molecule has 1 amide bonds. The van der Waals surface area contributed by atoms with Gasteiger partial charge in [-0.3, -0.25) is 20.5 Å². The van der Waals surface area contributed by atoms with Crippen molar-refractivity contribution >= 4 is 46.4 Å². The van der Waals surface area contributed by atoms with Gasteiger partial charge in [-0.2, -0.15) is 0 Å². The summed E-state index contributed by atoms with van der Waals surface area (Å²) in [6.45, 7) is 0. The van der Waals surface area contributed by atoms with Gasteiger partial charge in [-0.1, -0.05) is 34.8 Å². The molecule has 0 radical (unpaired) electrons. The summed E-state index contributed by atoms with van der Waals surface area (Å²) in [5, 5.41) is 13.7. The molecule has 19 heavy (non-hydrogen) atoms. The van der Waals surface area contributed by atoms with Crippen molar-refractivity contribution < 1.29 is 9.90 Å². The zero-order chi connectivity index (χ0) is 13.7. The number of nitrogens with zero attached hydrogens (tertiary/aromatic N) is 1. The molecule has 1 aliphatic carbocycles. The van der Waals surface area contributed by atoms with Crippen molar-refractivity contribution in [1.82, 2.24) is 16.2 Å². The van der Waals surface area contributed by atoms with E-state index in [-0.39, 0.29) is 21.8 Å². The monoisotopic (exact) mass is 322 g/mol. The van der Waals surface area contributed by atoms with Gasteiger partial charge in [0.25, 0.3) is 5.91 Å². The molecule has 0 aromatic carbocycles. The van der Waals surface area contributed by atoms with Crippen LogP contribution in [0.25, 0.3) is 0 Å². The summed E-state index contributed by atoms with van der Waals surface area (Å²) in [5.41, 5.74) is 4.95. The summed E-state index contributed by atoms with van der Waals surface area (Å²) in [7, 11) is 0. The van der Waals surface area contributed by atoms with Gasteiger partial charge in [-0.15, -0.1) is 0 Å². The molecule has 0 saturated carbocycles. The van der Waals surface area contributed by atoms with Crippen LogP contribution in [0.15, 0.2) is 26.2 Å². The maximum absolute atomic E-state index is 11.7. The van der Waals surface area contributed by atoms with Gasteiger partial charge in [0.05, 0.1) is 27.2 Å². The Morgan fingerprint density at radius 1 is 1.32 bits per heavy atom. The minimum Gasteiger partial charge on any atom is -0.375 e. The van der Waals surface area contributed by atoms with Gasteiger partial charge in [-0.25, -0.2) is 5.43 Å². The average molecular weight is 324 g/mol. The number of aliphatic hydroxyl groups is 1.